The number of anilines is 2. The van der Waals surface area contributed by atoms with Gasteiger partial charge in [-0.3, -0.25) is 14.4 Å². The molecule has 0 saturated heterocycles. The molecule has 34 heavy (non-hydrogen) atoms. The number of likely N-dealkylation sites (N-methyl/N-ethyl adjacent to an activating group) is 1. The SMILES string of the molecule is CNC(C)C(=O)NC1CN(C(C)=O)c2ccccc2N(Cc2c(C)ccc3ccccc23)C1=O. The predicted molar refractivity (Wildman–Crippen MR) is 135 cm³/mol. The number of para-hydroxylation sites is 2. The molecule has 0 bridgehead atoms. The largest absolute Gasteiger partial charge is 0.341 e. The Bertz CT molecular complexity index is 1260. The van der Waals surface area contributed by atoms with Gasteiger partial charge in [-0.05, 0) is 54.9 Å². The third kappa shape index (κ3) is 4.39. The van der Waals surface area contributed by atoms with Gasteiger partial charge in [0.25, 0.3) is 5.91 Å². The smallest absolute Gasteiger partial charge is 0.251 e. The number of carbonyl (C=O) groups excluding carboxylic acids is 3. The van der Waals surface area contributed by atoms with E-state index in [1.54, 1.807) is 23.8 Å². The van der Waals surface area contributed by atoms with E-state index >= 15 is 0 Å². The molecule has 2 atom stereocenters. The Morgan fingerprint density at radius 1 is 1.03 bits per heavy atom. The molecule has 3 aromatic carbocycles. The minimum Gasteiger partial charge on any atom is -0.341 e. The molecule has 7 nitrogen and oxygen atoms in total. The minimum absolute atomic E-state index is 0.0678. The molecule has 1 heterocycles. The van der Waals surface area contributed by atoms with Gasteiger partial charge in [0, 0.05) is 6.92 Å². The molecule has 1 aliphatic rings. The van der Waals surface area contributed by atoms with E-state index in [2.05, 4.69) is 34.9 Å². The molecule has 0 fully saturated rings. The monoisotopic (exact) mass is 458 g/mol. The van der Waals surface area contributed by atoms with Crippen molar-refractivity contribution in [1.29, 1.82) is 0 Å². The number of nitrogens with zero attached hydrogens (tertiary/aromatic N) is 2. The molecule has 0 saturated carbocycles. The summed E-state index contributed by atoms with van der Waals surface area (Å²) in [6, 6.07) is 18.3. The first-order valence-corrected chi connectivity index (χ1v) is 11.4. The Kier molecular flexibility index (Phi) is 6.65. The van der Waals surface area contributed by atoms with Crippen LogP contribution in [0.25, 0.3) is 10.8 Å². The van der Waals surface area contributed by atoms with Crippen LogP contribution in [0.3, 0.4) is 0 Å². The molecular weight excluding hydrogens is 428 g/mol. The van der Waals surface area contributed by atoms with E-state index in [-0.39, 0.29) is 24.3 Å². The van der Waals surface area contributed by atoms with Crippen LogP contribution >= 0.6 is 0 Å². The summed E-state index contributed by atoms with van der Waals surface area (Å²) in [5.41, 5.74) is 3.40. The van der Waals surface area contributed by atoms with E-state index in [1.807, 2.05) is 43.3 Å². The average Bonchev–Trinajstić information content (AvgIpc) is 2.95. The molecule has 0 radical (unpaired) electrons. The van der Waals surface area contributed by atoms with Crippen LogP contribution in [-0.4, -0.2) is 43.4 Å². The number of fused-ring (bicyclic) bond motifs is 2. The highest BCUT2D eigenvalue weighted by atomic mass is 16.2. The van der Waals surface area contributed by atoms with Gasteiger partial charge in [0.15, 0.2) is 0 Å². The molecule has 0 spiro atoms. The molecule has 4 rings (SSSR count). The highest BCUT2D eigenvalue weighted by Crippen LogP contribution is 2.35. The number of amides is 3. The van der Waals surface area contributed by atoms with E-state index in [0.717, 1.165) is 21.9 Å². The fourth-order valence-electron chi connectivity index (χ4n) is 4.40. The second-order valence-electron chi connectivity index (χ2n) is 8.70. The minimum atomic E-state index is -0.880. The van der Waals surface area contributed by atoms with Crippen LogP contribution in [0.5, 0.6) is 0 Å². The van der Waals surface area contributed by atoms with Crippen LogP contribution < -0.4 is 20.4 Å². The van der Waals surface area contributed by atoms with Crippen molar-refractivity contribution in [2.24, 2.45) is 0 Å². The standard InChI is InChI=1S/C27H30N4O3/c1-17-13-14-20-9-5-6-10-21(20)22(17)15-31-25-12-8-7-11-24(25)30(19(3)32)16-23(27(31)34)29-26(33)18(2)28-4/h5-14,18,23,28H,15-16H2,1-4H3,(H,29,33). The van der Waals surface area contributed by atoms with Gasteiger partial charge >= 0.3 is 0 Å². The van der Waals surface area contributed by atoms with Crippen molar-refractivity contribution >= 4 is 39.9 Å². The first-order valence-electron chi connectivity index (χ1n) is 11.4. The molecule has 7 heteroatoms. The van der Waals surface area contributed by atoms with E-state index < -0.39 is 12.1 Å². The van der Waals surface area contributed by atoms with Gasteiger partial charge in [-0.1, -0.05) is 48.5 Å². The average molecular weight is 459 g/mol. The van der Waals surface area contributed by atoms with Gasteiger partial charge < -0.3 is 20.4 Å². The summed E-state index contributed by atoms with van der Waals surface area (Å²) in [5.74, 6) is -0.735. The maximum atomic E-state index is 13.9. The molecule has 1 aliphatic heterocycles. The third-order valence-corrected chi connectivity index (χ3v) is 6.51. The lowest BCUT2D eigenvalue weighted by Gasteiger charge is -2.27. The zero-order valence-corrected chi connectivity index (χ0v) is 20.0. The van der Waals surface area contributed by atoms with Crippen molar-refractivity contribution in [3.63, 3.8) is 0 Å². The molecule has 0 aliphatic carbocycles. The van der Waals surface area contributed by atoms with Gasteiger partial charge in [-0.2, -0.15) is 0 Å². The summed E-state index contributed by atoms with van der Waals surface area (Å²) in [6.07, 6.45) is 0. The van der Waals surface area contributed by atoms with Gasteiger partial charge in [-0.15, -0.1) is 0 Å². The van der Waals surface area contributed by atoms with Crippen LogP contribution in [0, 0.1) is 6.92 Å². The van der Waals surface area contributed by atoms with Crippen molar-refractivity contribution < 1.29 is 14.4 Å². The normalized spacial score (nSPS) is 16.7. The van der Waals surface area contributed by atoms with Crippen molar-refractivity contribution in [2.45, 2.75) is 39.4 Å². The number of benzene rings is 3. The first kappa shape index (κ1) is 23.4. The Morgan fingerprint density at radius 2 is 1.71 bits per heavy atom. The Balaban J connectivity index is 1.83. The van der Waals surface area contributed by atoms with Crippen LogP contribution in [0.2, 0.25) is 0 Å². The predicted octanol–water partition coefficient (Wildman–Crippen LogP) is 3.14. The number of aryl methyl sites for hydroxylation is 1. The van der Waals surface area contributed by atoms with Crippen LogP contribution in [0.15, 0.2) is 60.7 Å². The number of rotatable bonds is 5. The van der Waals surface area contributed by atoms with Gasteiger partial charge in [-0.25, -0.2) is 0 Å². The molecule has 176 valence electrons. The lowest BCUT2D eigenvalue weighted by molar-refractivity contribution is -0.128. The lowest BCUT2D eigenvalue weighted by Crippen LogP contribution is -2.55. The molecule has 3 amide bonds. The fourth-order valence-corrected chi connectivity index (χ4v) is 4.40. The quantitative estimate of drug-likeness (QED) is 0.616. The molecular formula is C27H30N4O3. The lowest BCUT2D eigenvalue weighted by atomic mass is 9.99. The van der Waals surface area contributed by atoms with E-state index in [9.17, 15) is 14.4 Å². The zero-order valence-electron chi connectivity index (χ0n) is 20.0. The third-order valence-electron chi connectivity index (χ3n) is 6.51. The molecule has 3 aromatic rings. The van der Waals surface area contributed by atoms with Gasteiger partial charge in [0.1, 0.15) is 6.04 Å². The van der Waals surface area contributed by atoms with Crippen LogP contribution in [0.4, 0.5) is 11.4 Å². The van der Waals surface area contributed by atoms with Crippen molar-refractivity contribution in [2.75, 3.05) is 23.4 Å². The Morgan fingerprint density at radius 3 is 2.41 bits per heavy atom. The Labute approximate surface area is 199 Å². The first-order chi connectivity index (χ1) is 16.3. The maximum Gasteiger partial charge on any atom is 0.251 e. The summed E-state index contributed by atoms with van der Waals surface area (Å²) in [7, 11) is 1.69. The second kappa shape index (κ2) is 9.65. The maximum absolute atomic E-state index is 13.9. The molecule has 0 aromatic heterocycles. The number of nitrogens with one attached hydrogen (secondary N) is 2. The number of carbonyl (C=O) groups is 3. The summed E-state index contributed by atoms with van der Waals surface area (Å²) in [5, 5.41) is 7.93. The summed E-state index contributed by atoms with van der Waals surface area (Å²) >= 11 is 0. The van der Waals surface area contributed by atoms with E-state index in [1.165, 1.54) is 6.92 Å². The zero-order chi connectivity index (χ0) is 24.4. The highest BCUT2D eigenvalue weighted by molar-refractivity contribution is 6.08. The summed E-state index contributed by atoms with van der Waals surface area (Å²) in [6.45, 7) is 5.62. The molecule has 2 N–H and O–H groups in total. The molecule has 2 unspecified atom stereocenters. The van der Waals surface area contributed by atoms with Crippen molar-refractivity contribution in [3.8, 4) is 0 Å². The summed E-state index contributed by atoms with van der Waals surface area (Å²) in [4.78, 5) is 42.5. The highest BCUT2D eigenvalue weighted by Gasteiger charge is 2.36. The van der Waals surface area contributed by atoms with Gasteiger partial charge in [0.05, 0.1) is 30.5 Å². The van der Waals surface area contributed by atoms with E-state index in [0.29, 0.717) is 17.9 Å². The van der Waals surface area contributed by atoms with Crippen molar-refractivity contribution in [3.05, 3.63) is 71.8 Å². The summed E-state index contributed by atoms with van der Waals surface area (Å²) < 4.78 is 0. The Hall–Kier alpha value is -3.71. The van der Waals surface area contributed by atoms with Gasteiger partial charge in [0.2, 0.25) is 11.8 Å². The number of hydrogen-bond acceptors (Lipinski definition) is 4. The number of hydrogen-bond donors (Lipinski definition) is 2. The van der Waals surface area contributed by atoms with E-state index in [4.69, 9.17) is 0 Å². The van der Waals surface area contributed by atoms with Crippen LogP contribution in [0.1, 0.15) is 25.0 Å². The van der Waals surface area contributed by atoms with Crippen molar-refractivity contribution in [1.82, 2.24) is 10.6 Å². The van der Waals surface area contributed by atoms with Crippen LogP contribution in [-0.2, 0) is 20.9 Å². The topological polar surface area (TPSA) is 81.8 Å². The fraction of sp³-hybridized carbons (Fsp3) is 0.296. The second-order valence-corrected chi connectivity index (χ2v) is 8.70.